The Morgan fingerprint density at radius 3 is 2.53 bits per heavy atom. The zero-order valence-corrected chi connectivity index (χ0v) is 10.9. The monoisotopic (exact) mass is 268 g/mol. The van der Waals surface area contributed by atoms with E-state index in [9.17, 15) is 17.6 Å². The summed E-state index contributed by atoms with van der Waals surface area (Å²) in [6.45, 7) is 1.07. The second-order valence-corrected chi connectivity index (χ2v) is 5.26. The fourth-order valence-electron chi connectivity index (χ4n) is 1.03. The molecule has 0 aromatic heterocycles. The van der Waals surface area contributed by atoms with Crippen molar-refractivity contribution in [2.75, 3.05) is 20.0 Å². The first kappa shape index (κ1) is 16.1. The summed E-state index contributed by atoms with van der Waals surface area (Å²) < 4.78 is 42.9. The third-order valence-corrected chi connectivity index (χ3v) is 2.53. The molecule has 17 heavy (non-hydrogen) atoms. The van der Waals surface area contributed by atoms with Crippen molar-refractivity contribution in [2.45, 2.75) is 19.8 Å². The maximum atomic E-state index is 13.0. The Bertz CT molecular complexity index is 374. The van der Waals surface area contributed by atoms with Gasteiger partial charge in [-0.2, -0.15) is 8.42 Å². The van der Waals surface area contributed by atoms with Gasteiger partial charge in [-0.3, -0.25) is 8.98 Å². The molecule has 0 aliphatic carbocycles. The van der Waals surface area contributed by atoms with Gasteiger partial charge in [0.05, 0.1) is 19.3 Å². The van der Waals surface area contributed by atoms with Crippen LogP contribution < -0.4 is 0 Å². The maximum Gasteiger partial charge on any atom is 0.308 e. The highest BCUT2D eigenvalue weighted by atomic mass is 32.2. The fourth-order valence-corrected chi connectivity index (χ4v) is 1.36. The molecule has 0 N–H and O–H groups in total. The van der Waals surface area contributed by atoms with Crippen molar-refractivity contribution < 1.29 is 26.5 Å². The molecule has 0 spiro atoms. The zero-order valence-electron chi connectivity index (χ0n) is 10.1. The Hall–Kier alpha value is -0.950. The lowest BCUT2D eigenvalue weighted by Crippen LogP contribution is -2.12. The number of ether oxygens (including phenoxy) is 1. The number of rotatable bonds is 7. The molecule has 0 amide bonds. The smallest absolute Gasteiger partial charge is 0.308 e. The molecule has 0 aliphatic rings. The van der Waals surface area contributed by atoms with Gasteiger partial charge < -0.3 is 4.74 Å². The molecule has 0 bridgehead atoms. The van der Waals surface area contributed by atoms with Crippen LogP contribution in [0.5, 0.6) is 0 Å². The first-order valence-electron chi connectivity index (χ1n) is 5.03. The molecule has 0 aromatic rings. The first-order chi connectivity index (χ1) is 7.76. The molecule has 0 rings (SSSR count). The van der Waals surface area contributed by atoms with Crippen LogP contribution in [-0.4, -0.2) is 34.4 Å². The van der Waals surface area contributed by atoms with Crippen LogP contribution in [0.25, 0.3) is 0 Å². The molecule has 0 heterocycles. The SMILES string of the molecule is COC(=O)[C@@H](C)CC/C=C(/F)COS(C)(=O)=O. The van der Waals surface area contributed by atoms with E-state index in [0.29, 0.717) is 12.8 Å². The molecule has 0 fully saturated rings. The number of carbonyl (C=O) groups is 1. The highest BCUT2D eigenvalue weighted by Gasteiger charge is 2.12. The van der Waals surface area contributed by atoms with Crippen LogP contribution in [0, 0.1) is 5.92 Å². The van der Waals surface area contributed by atoms with Gasteiger partial charge in [0.1, 0.15) is 12.4 Å². The summed E-state index contributed by atoms with van der Waals surface area (Å²) in [5.74, 6) is -1.35. The van der Waals surface area contributed by atoms with E-state index in [1.807, 2.05) is 0 Å². The topological polar surface area (TPSA) is 69.7 Å². The lowest BCUT2D eigenvalue weighted by Gasteiger charge is -2.06. The van der Waals surface area contributed by atoms with Crippen LogP contribution in [0.2, 0.25) is 0 Å². The van der Waals surface area contributed by atoms with Crippen LogP contribution in [0.3, 0.4) is 0 Å². The van der Waals surface area contributed by atoms with Crippen molar-refractivity contribution in [3.05, 3.63) is 11.9 Å². The largest absolute Gasteiger partial charge is 0.469 e. The zero-order chi connectivity index (χ0) is 13.5. The summed E-state index contributed by atoms with van der Waals surface area (Å²) >= 11 is 0. The van der Waals surface area contributed by atoms with Gasteiger partial charge in [0.15, 0.2) is 0 Å². The van der Waals surface area contributed by atoms with Gasteiger partial charge in [-0.05, 0) is 12.8 Å². The number of hydrogen-bond donors (Lipinski definition) is 0. The number of hydrogen-bond acceptors (Lipinski definition) is 5. The van der Waals surface area contributed by atoms with Crippen LogP contribution in [0.15, 0.2) is 11.9 Å². The van der Waals surface area contributed by atoms with Crippen LogP contribution in [0.4, 0.5) is 4.39 Å². The highest BCUT2D eigenvalue weighted by Crippen LogP contribution is 2.10. The Morgan fingerprint density at radius 2 is 2.06 bits per heavy atom. The van der Waals surface area contributed by atoms with E-state index in [0.717, 1.165) is 6.26 Å². The molecule has 7 heteroatoms. The van der Waals surface area contributed by atoms with Crippen molar-refractivity contribution in [2.24, 2.45) is 5.92 Å². The average Bonchev–Trinajstić information content (AvgIpc) is 2.24. The molecule has 5 nitrogen and oxygen atoms in total. The average molecular weight is 268 g/mol. The molecule has 0 unspecified atom stereocenters. The number of esters is 1. The highest BCUT2D eigenvalue weighted by molar-refractivity contribution is 7.85. The predicted octanol–water partition coefficient (Wildman–Crippen LogP) is 1.41. The summed E-state index contributed by atoms with van der Waals surface area (Å²) in [6, 6.07) is 0. The van der Waals surface area contributed by atoms with E-state index in [-0.39, 0.29) is 11.9 Å². The van der Waals surface area contributed by atoms with Gasteiger partial charge in [-0.25, -0.2) is 4.39 Å². The molecule has 100 valence electrons. The van der Waals surface area contributed by atoms with Crippen molar-refractivity contribution in [3.8, 4) is 0 Å². The minimum atomic E-state index is -3.63. The van der Waals surface area contributed by atoms with Crippen molar-refractivity contribution in [3.63, 3.8) is 0 Å². The maximum absolute atomic E-state index is 13.0. The molecule has 0 saturated carbocycles. The van der Waals surface area contributed by atoms with Crippen molar-refractivity contribution >= 4 is 16.1 Å². The molecular formula is C10H17FO5S. The van der Waals surface area contributed by atoms with E-state index >= 15 is 0 Å². The summed E-state index contributed by atoms with van der Waals surface area (Å²) in [5, 5.41) is 0. The molecule has 1 atom stereocenters. The minimum Gasteiger partial charge on any atom is -0.469 e. The standard InChI is InChI=1S/C10H17FO5S/c1-8(10(12)15-2)5-4-6-9(11)7-16-17(3,13)14/h6,8H,4-5,7H2,1-3H3/b9-6+/t8-/m0/s1. The Labute approximate surface area is 101 Å². The summed E-state index contributed by atoms with van der Waals surface area (Å²) in [5.41, 5.74) is 0. The van der Waals surface area contributed by atoms with Crippen LogP contribution in [0.1, 0.15) is 19.8 Å². The van der Waals surface area contributed by atoms with E-state index in [1.165, 1.54) is 13.2 Å². The van der Waals surface area contributed by atoms with E-state index in [4.69, 9.17) is 0 Å². The second-order valence-electron chi connectivity index (χ2n) is 3.62. The van der Waals surface area contributed by atoms with E-state index in [1.54, 1.807) is 6.92 Å². The number of allylic oxidation sites excluding steroid dienone is 1. The summed E-state index contributed by atoms with van der Waals surface area (Å²) in [7, 11) is -2.35. The van der Waals surface area contributed by atoms with Gasteiger partial charge in [0.2, 0.25) is 0 Å². The van der Waals surface area contributed by atoms with Gasteiger partial charge in [-0.1, -0.05) is 13.0 Å². The predicted molar refractivity (Wildman–Crippen MR) is 60.4 cm³/mol. The minimum absolute atomic E-state index is 0.315. The molecule has 0 aromatic carbocycles. The Morgan fingerprint density at radius 1 is 1.47 bits per heavy atom. The van der Waals surface area contributed by atoms with E-state index in [2.05, 4.69) is 8.92 Å². The lowest BCUT2D eigenvalue weighted by atomic mass is 10.1. The Kier molecular flexibility index (Phi) is 6.98. The summed E-state index contributed by atoms with van der Waals surface area (Å²) in [6.07, 6.45) is 2.79. The number of halogens is 1. The molecule has 0 aliphatic heterocycles. The lowest BCUT2D eigenvalue weighted by molar-refractivity contribution is -0.145. The molecular weight excluding hydrogens is 251 g/mol. The van der Waals surface area contributed by atoms with Crippen LogP contribution >= 0.6 is 0 Å². The number of carbonyl (C=O) groups excluding carboxylic acids is 1. The first-order valence-corrected chi connectivity index (χ1v) is 6.84. The van der Waals surface area contributed by atoms with Gasteiger partial charge in [-0.15, -0.1) is 0 Å². The fraction of sp³-hybridized carbons (Fsp3) is 0.700. The van der Waals surface area contributed by atoms with Gasteiger partial charge >= 0.3 is 5.97 Å². The summed E-state index contributed by atoms with van der Waals surface area (Å²) in [4.78, 5) is 11.0. The van der Waals surface area contributed by atoms with Gasteiger partial charge in [0, 0.05) is 0 Å². The normalized spacial score (nSPS) is 14.5. The second kappa shape index (κ2) is 7.39. The Balaban J connectivity index is 3.96. The van der Waals surface area contributed by atoms with Gasteiger partial charge in [0.25, 0.3) is 10.1 Å². The van der Waals surface area contributed by atoms with Crippen LogP contribution in [-0.2, 0) is 23.8 Å². The third-order valence-electron chi connectivity index (χ3n) is 1.98. The third kappa shape index (κ3) is 8.82. The van der Waals surface area contributed by atoms with Crippen molar-refractivity contribution in [1.82, 2.24) is 0 Å². The van der Waals surface area contributed by atoms with E-state index < -0.39 is 22.6 Å². The molecule has 0 radical (unpaired) electrons. The number of methoxy groups -OCH3 is 1. The quantitative estimate of drug-likeness (QED) is 0.515. The molecule has 0 saturated heterocycles. The van der Waals surface area contributed by atoms with Crippen molar-refractivity contribution in [1.29, 1.82) is 0 Å².